The summed E-state index contributed by atoms with van der Waals surface area (Å²) in [7, 11) is 0. The fraction of sp³-hybridized carbons (Fsp3) is 0.286. The average molecular weight is 418 g/mol. The van der Waals surface area contributed by atoms with E-state index >= 15 is 0 Å². The van der Waals surface area contributed by atoms with Crippen molar-refractivity contribution < 1.29 is 19.4 Å². The van der Waals surface area contributed by atoms with Gasteiger partial charge in [0.25, 0.3) is 0 Å². The van der Waals surface area contributed by atoms with Gasteiger partial charge in [-0.2, -0.15) is 5.26 Å². The predicted octanol–water partition coefficient (Wildman–Crippen LogP) is 4.81. The Labute approximate surface area is 172 Å². The van der Waals surface area contributed by atoms with E-state index in [-0.39, 0.29) is 28.9 Å². The molecule has 0 fully saturated rings. The second-order valence-electron chi connectivity index (χ2n) is 6.91. The summed E-state index contributed by atoms with van der Waals surface area (Å²) in [5.74, 6) is -0.719. The molecule has 1 N–H and O–H groups in total. The number of carboxylic acids is 1. The lowest BCUT2D eigenvalue weighted by molar-refractivity contribution is -0.137. The maximum Gasteiger partial charge on any atom is 0.303 e. The van der Waals surface area contributed by atoms with Gasteiger partial charge in [0.05, 0.1) is 28.7 Å². The van der Waals surface area contributed by atoms with Crippen LogP contribution in [0.1, 0.15) is 46.8 Å². The van der Waals surface area contributed by atoms with Gasteiger partial charge in [0.1, 0.15) is 10.8 Å². The van der Waals surface area contributed by atoms with Crippen molar-refractivity contribution in [2.75, 3.05) is 6.61 Å². The molecule has 7 heteroatoms. The molecule has 1 aliphatic rings. The molecule has 0 saturated carbocycles. The number of carbonyl (C=O) groups excluding carboxylic acids is 1. The van der Waals surface area contributed by atoms with Crippen molar-refractivity contribution >= 4 is 35.0 Å². The van der Waals surface area contributed by atoms with Crippen molar-refractivity contribution in [3.05, 3.63) is 62.6 Å². The maximum atomic E-state index is 13.2. The number of nitrogens with zero attached hydrogens (tertiary/aromatic N) is 1. The molecule has 28 heavy (non-hydrogen) atoms. The molecule has 0 heterocycles. The van der Waals surface area contributed by atoms with Crippen LogP contribution in [0.5, 0.6) is 5.75 Å². The van der Waals surface area contributed by atoms with Gasteiger partial charge in [-0.1, -0.05) is 35.3 Å². The Bertz CT molecular complexity index is 1010. The first-order chi connectivity index (χ1) is 13.3. The third-order valence-electron chi connectivity index (χ3n) is 4.95. The molecule has 0 radical (unpaired) electrons. The van der Waals surface area contributed by atoms with Gasteiger partial charge >= 0.3 is 5.97 Å². The van der Waals surface area contributed by atoms with E-state index in [2.05, 4.69) is 6.07 Å². The zero-order chi connectivity index (χ0) is 20.5. The standard InChI is InChI=1S/C21H17Cl2NO4/c1-21(14-5-2-4-12(8-14)11-24)10-13-9-15(28-7-3-6-16(25)26)18(22)19(23)17(13)20(21)27/h2,4-5,8-9H,3,6-7,10H2,1H3,(H,25,26). The smallest absolute Gasteiger partial charge is 0.303 e. The predicted molar refractivity (Wildman–Crippen MR) is 105 cm³/mol. The fourth-order valence-corrected chi connectivity index (χ4v) is 3.95. The topological polar surface area (TPSA) is 87.4 Å². The molecule has 144 valence electrons. The van der Waals surface area contributed by atoms with Crippen LogP contribution in [0.3, 0.4) is 0 Å². The summed E-state index contributed by atoms with van der Waals surface area (Å²) in [5.41, 5.74) is 1.45. The Hall–Kier alpha value is -2.55. The highest BCUT2D eigenvalue weighted by atomic mass is 35.5. The van der Waals surface area contributed by atoms with Crippen molar-refractivity contribution in [3.63, 3.8) is 0 Å². The molecular formula is C21H17Cl2NO4. The van der Waals surface area contributed by atoms with Gasteiger partial charge in [-0.3, -0.25) is 9.59 Å². The molecule has 0 bridgehead atoms. The van der Waals surface area contributed by atoms with Crippen molar-refractivity contribution in [2.24, 2.45) is 0 Å². The number of hydrogen-bond acceptors (Lipinski definition) is 4. The van der Waals surface area contributed by atoms with E-state index in [1.54, 1.807) is 24.3 Å². The second kappa shape index (κ2) is 7.83. The first-order valence-electron chi connectivity index (χ1n) is 8.69. The van der Waals surface area contributed by atoms with E-state index in [1.807, 2.05) is 13.0 Å². The zero-order valence-electron chi connectivity index (χ0n) is 15.1. The van der Waals surface area contributed by atoms with Gasteiger partial charge in [0.2, 0.25) is 0 Å². The van der Waals surface area contributed by atoms with Gasteiger partial charge in [0.15, 0.2) is 5.78 Å². The summed E-state index contributed by atoms with van der Waals surface area (Å²) >= 11 is 12.7. The number of Topliss-reactive ketones (excluding diaryl/α,β-unsaturated/α-hetero) is 1. The van der Waals surface area contributed by atoms with E-state index in [0.717, 1.165) is 11.1 Å². The molecule has 0 amide bonds. The van der Waals surface area contributed by atoms with Crippen LogP contribution in [0.15, 0.2) is 30.3 Å². The van der Waals surface area contributed by atoms with Crippen LogP contribution in [0.2, 0.25) is 10.0 Å². The van der Waals surface area contributed by atoms with Crippen LogP contribution in [-0.2, 0) is 16.6 Å². The summed E-state index contributed by atoms with van der Waals surface area (Å²) in [6.07, 6.45) is 0.721. The summed E-state index contributed by atoms with van der Waals surface area (Å²) in [6, 6.07) is 10.8. The Balaban J connectivity index is 1.93. The number of ketones is 1. The Kier molecular flexibility index (Phi) is 5.64. The van der Waals surface area contributed by atoms with Crippen LogP contribution in [0.4, 0.5) is 0 Å². The molecule has 1 aliphatic carbocycles. The molecule has 1 atom stereocenters. The molecule has 2 aromatic carbocycles. The minimum atomic E-state index is -0.900. The van der Waals surface area contributed by atoms with Crippen molar-refractivity contribution in [2.45, 2.75) is 31.6 Å². The third-order valence-corrected chi connectivity index (χ3v) is 5.80. The van der Waals surface area contributed by atoms with E-state index < -0.39 is 11.4 Å². The first-order valence-corrected chi connectivity index (χ1v) is 9.44. The molecule has 0 aliphatic heterocycles. The van der Waals surface area contributed by atoms with Gasteiger partial charge in [-0.25, -0.2) is 0 Å². The van der Waals surface area contributed by atoms with Crippen molar-refractivity contribution in [3.8, 4) is 11.8 Å². The van der Waals surface area contributed by atoms with E-state index in [9.17, 15) is 9.59 Å². The lowest BCUT2D eigenvalue weighted by atomic mass is 9.78. The highest BCUT2D eigenvalue weighted by Gasteiger charge is 2.45. The number of fused-ring (bicyclic) bond motifs is 1. The molecule has 0 aromatic heterocycles. The van der Waals surface area contributed by atoms with Gasteiger partial charge in [-0.05, 0) is 49.1 Å². The lowest BCUT2D eigenvalue weighted by Crippen LogP contribution is -2.29. The fourth-order valence-electron chi connectivity index (χ4n) is 3.45. The van der Waals surface area contributed by atoms with Gasteiger partial charge in [0, 0.05) is 12.0 Å². The molecule has 5 nitrogen and oxygen atoms in total. The summed E-state index contributed by atoms with van der Waals surface area (Å²) < 4.78 is 5.60. The van der Waals surface area contributed by atoms with E-state index in [1.165, 1.54) is 0 Å². The van der Waals surface area contributed by atoms with Gasteiger partial charge in [-0.15, -0.1) is 0 Å². The number of hydrogen-bond donors (Lipinski definition) is 1. The number of ether oxygens (including phenoxy) is 1. The number of carboxylic acid groups (broad SMARTS) is 1. The summed E-state index contributed by atoms with van der Waals surface area (Å²) in [4.78, 5) is 23.8. The van der Waals surface area contributed by atoms with Gasteiger partial charge < -0.3 is 9.84 Å². The number of halogens is 2. The summed E-state index contributed by atoms with van der Waals surface area (Å²) in [6.45, 7) is 2.00. The lowest BCUT2D eigenvalue weighted by Gasteiger charge is -2.22. The zero-order valence-corrected chi connectivity index (χ0v) is 16.6. The van der Waals surface area contributed by atoms with Crippen LogP contribution in [0.25, 0.3) is 0 Å². The van der Waals surface area contributed by atoms with Crippen molar-refractivity contribution in [1.29, 1.82) is 5.26 Å². The molecule has 0 spiro atoms. The Morgan fingerprint density at radius 2 is 2.07 bits per heavy atom. The monoisotopic (exact) mass is 417 g/mol. The highest BCUT2D eigenvalue weighted by Crippen LogP contribution is 2.47. The second-order valence-corrected chi connectivity index (χ2v) is 7.67. The Morgan fingerprint density at radius 1 is 1.32 bits per heavy atom. The molecule has 0 saturated heterocycles. The normalized spacial score (nSPS) is 17.9. The third kappa shape index (κ3) is 3.58. The number of rotatable bonds is 6. The van der Waals surface area contributed by atoms with Crippen LogP contribution < -0.4 is 4.74 Å². The first kappa shape index (κ1) is 20.2. The van der Waals surface area contributed by atoms with Crippen LogP contribution in [-0.4, -0.2) is 23.5 Å². The molecular weight excluding hydrogens is 401 g/mol. The quantitative estimate of drug-likeness (QED) is 0.681. The number of benzene rings is 2. The van der Waals surface area contributed by atoms with Crippen molar-refractivity contribution in [1.82, 2.24) is 0 Å². The number of aliphatic carboxylic acids is 1. The summed E-state index contributed by atoms with van der Waals surface area (Å²) in [5, 5.41) is 18.1. The largest absolute Gasteiger partial charge is 0.492 e. The molecule has 3 rings (SSSR count). The Morgan fingerprint density at radius 3 is 2.75 bits per heavy atom. The maximum absolute atomic E-state index is 13.2. The van der Waals surface area contributed by atoms with E-state index in [4.69, 9.17) is 38.3 Å². The minimum absolute atomic E-state index is 0.0118. The van der Waals surface area contributed by atoms with E-state index in [0.29, 0.717) is 29.7 Å². The molecule has 2 aromatic rings. The van der Waals surface area contributed by atoms with Crippen LogP contribution >= 0.6 is 23.2 Å². The van der Waals surface area contributed by atoms with Crippen LogP contribution in [0, 0.1) is 11.3 Å². The number of carbonyl (C=O) groups is 2. The minimum Gasteiger partial charge on any atom is -0.492 e. The average Bonchev–Trinajstić information content (AvgIpc) is 2.94. The SMILES string of the molecule is CC1(c2cccc(C#N)c2)Cc2cc(OCCCC(=O)O)c(Cl)c(Cl)c2C1=O. The number of nitriles is 1. The molecule has 1 unspecified atom stereocenters. The highest BCUT2D eigenvalue weighted by molar-refractivity contribution is 6.45.